The number of carbonyl (C=O) groups is 2. The van der Waals surface area contributed by atoms with Crippen LogP contribution in [0.25, 0.3) is 0 Å². The fraction of sp³-hybridized carbons (Fsp3) is 0.400. The van der Waals surface area contributed by atoms with Gasteiger partial charge < -0.3 is 10.4 Å². The van der Waals surface area contributed by atoms with E-state index in [9.17, 15) is 9.59 Å². The summed E-state index contributed by atoms with van der Waals surface area (Å²) >= 11 is 11.5. The van der Waals surface area contributed by atoms with Crippen LogP contribution in [-0.4, -0.2) is 27.0 Å². The van der Waals surface area contributed by atoms with Gasteiger partial charge in [-0.05, 0) is 0 Å². The molecule has 1 heterocycles. The smallest absolute Gasteiger partial charge is 0.307 e. The lowest BCUT2D eigenvalue weighted by atomic mass is 9.95. The van der Waals surface area contributed by atoms with Crippen molar-refractivity contribution < 1.29 is 14.7 Å². The molecule has 0 aromatic carbocycles. The van der Waals surface area contributed by atoms with E-state index in [1.54, 1.807) is 0 Å². The summed E-state index contributed by atoms with van der Waals surface area (Å²) < 4.78 is 0. The molecule has 0 radical (unpaired) electrons. The van der Waals surface area contributed by atoms with Crippen molar-refractivity contribution in [1.82, 2.24) is 9.97 Å². The average Bonchev–Trinajstić information content (AvgIpc) is 2.31. The second-order valence-corrected chi connectivity index (χ2v) is 4.45. The van der Waals surface area contributed by atoms with Gasteiger partial charge in [-0.2, -0.15) is 0 Å². The molecule has 2 unspecified atom stereocenters. The minimum Gasteiger partial charge on any atom is -0.481 e. The molecule has 1 aromatic rings. The van der Waals surface area contributed by atoms with Crippen molar-refractivity contribution in [3.05, 3.63) is 16.6 Å². The number of rotatable bonds is 4. The Morgan fingerprint density at radius 1 is 1.22 bits per heavy atom. The lowest BCUT2D eigenvalue weighted by molar-refractivity contribution is -0.145. The number of anilines is 1. The van der Waals surface area contributed by atoms with Gasteiger partial charge in [0.05, 0.1) is 5.92 Å². The Kier molecular flexibility index (Phi) is 4.86. The molecule has 0 saturated carbocycles. The van der Waals surface area contributed by atoms with Crippen molar-refractivity contribution >= 4 is 40.8 Å². The Labute approximate surface area is 113 Å². The lowest BCUT2D eigenvalue weighted by Gasteiger charge is -2.16. The molecule has 0 bridgehead atoms. The molecule has 6 nitrogen and oxygen atoms in total. The van der Waals surface area contributed by atoms with E-state index < -0.39 is 23.7 Å². The van der Waals surface area contributed by atoms with Gasteiger partial charge in [0, 0.05) is 5.92 Å². The summed E-state index contributed by atoms with van der Waals surface area (Å²) in [6.07, 6.45) is 1.16. The molecule has 18 heavy (non-hydrogen) atoms. The van der Waals surface area contributed by atoms with Crippen LogP contribution in [0.5, 0.6) is 0 Å². The summed E-state index contributed by atoms with van der Waals surface area (Å²) in [4.78, 5) is 29.9. The molecule has 0 aliphatic heterocycles. The number of aliphatic carboxylic acids is 1. The van der Waals surface area contributed by atoms with E-state index in [1.807, 2.05) is 0 Å². The Hall–Kier alpha value is -1.40. The normalized spacial score (nSPS) is 13.8. The number of hydrogen-bond acceptors (Lipinski definition) is 4. The summed E-state index contributed by atoms with van der Waals surface area (Å²) in [7, 11) is 0. The third kappa shape index (κ3) is 3.30. The first-order valence-electron chi connectivity index (χ1n) is 5.04. The third-order valence-corrected chi connectivity index (χ3v) is 3.13. The van der Waals surface area contributed by atoms with Crippen molar-refractivity contribution in [2.75, 3.05) is 5.32 Å². The number of aromatic nitrogens is 2. The number of hydrogen-bond donors (Lipinski definition) is 2. The first-order chi connectivity index (χ1) is 8.34. The molecule has 1 aromatic heterocycles. The van der Waals surface area contributed by atoms with Gasteiger partial charge in [0.2, 0.25) is 5.91 Å². The molecule has 0 aliphatic rings. The topological polar surface area (TPSA) is 92.2 Å². The first kappa shape index (κ1) is 14.7. The van der Waals surface area contributed by atoms with Gasteiger partial charge in [0.15, 0.2) is 10.3 Å². The van der Waals surface area contributed by atoms with Crippen molar-refractivity contribution in [3.63, 3.8) is 0 Å². The maximum absolute atomic E-state index is 11.8. The predicted molar refractivity (Wildman–Crippen MR) is 66.6 cm³/mol. The Balaban J connectivity index is 2.85. The number of carboxylic acids is 1. The van der Waals surface area contributed by atoms with Crippen LogP contribution in [-0.2, 0) is 9.59 Å². The summed E-state index contributed by atoms with van der Waals surface area (Å²) in [5.74, 6) is -3.13. The molecule has 98 valence electrons. The minimum atomic E-state index is -1.06. The van der Waals surface area contributed by atoms with E-state index in [0.717, 1.165) is 6.33 Å². The van der Waals surface area contributed by atoms with Crippen LogP contribution in [0.15, 0.2) is 6.33 Å². The average molecular weight is 292 g/mol. The highest BCUT2D eigenvalue weighted by atomic mass is 35.5. The van der Waals surface area contributed by atoms with Crippen LogP contribution in [0, 0.1) is 11.8 Å². The van der Waals surface area contributed by atoms with Gasteiger partial charge in [-0.1, -0.05) is 37.0 Å². The maximum Gasteiger partial charge on any atom is 0.307 e. The molecular formula is C10H11Cl2N3O3. The quantitative estimate of drug-likeness (QED) is 0.829. The fourth-order valence-electron chi connectivity index (χ4n) is 1.13. The van der Waals surface area contributed by atoms with Gasteiger partial charge >= 0.3 is 5.97 Å². The van der Waals surface area contributed by atoms with Crippen molar-refractivity contribution in [3.8, 4) is 0 Å². The highest BCUT2D eigenvalue weighted by Gasteiger charge is 2.26. The van der Waals surface area contributed by atoms with Gasteiger partial charge in [0.1, 0.15) is 12.0 Å². The largest absolute Gasteiger partial charge is 0.481 e. The highest BCUT2D eigenvalue weighted by Crippen LogP contribution is 2.26. The van der Waals surface area contributed by atoms with Crippen LogP contribution < -0.4 is 5.32 Å². The maximum atomic E-state index is 11.8. The van der Waals surface area contributed by atoms with E-state index in [4.69, 9.17) is 28.3 Å². The predicted octanol–water partition coefficient (Wildman–Crippen LogP) is 2.08. The number of amides is 1. The lowest BCUT2D eigenvalue weighted by Crippen LogP contribution is -2.30. The van der Waals surface area contributed by atoms with E-state index in [1.165, 1.54) is 13.8 Å². The molecule has 0 aliphatic carbocycles. The summed E-state index contributed by atoms with van der Waals surface area (Å²) in [5, 5.41) is 11.2. The van der Waals surface area contributed by atoms with E-state index in [2.05, 4.69) is 15.3 Å². The molecule has 2 atom stereocenters. The van der Waals surface area contributed by atoms with Crippen LogP contribution in [0.2, 0.25) is 10.3 Å². The number of carboxylic acid groups (broad SMARTS) is 1. The van der Waals surface area contributed by atoms with E-state index in [0.29, 0.717) is 0 Å². The molecule has 0 spiro atoms. The van der Waals surface area contributed by atoms with Crippen LogP contribution in [0.4, 0.5) is 5.69 Å². The monoisotopic (exact) mass is 291 g/mol. The third-order valence-electron chi connectivity index (χ3n) is 2.56. The second-order valence-electron chi connectivity index (χ2n) is 3.74. The van der Waals surface area contributed by atoms with Crippen molar-refractivity contribution in [2.45, 2.75) is 13.8 Å². The number of halogens is 2. The zero-order chi connectivity index (χ0) is 13.9. The first-order valence-corrected chi connectivity index (χ1v) is 5.79. The number of nitrogens with one attached hydrogen (secondary N) is 1. The molecule has 0 saturated heterocycles. The van der Waals surface area contributed by atoms with Crippen molar-refractivity contribution in [1.29, 1.82) is 0 Å². The molecular weight excluding hydrogens is 281 g/mol. The molecule has 8 heteroatoms. The number of nitrogens with zero attached hydrogens (tertiary/aromatic N) is 2. The van der Waals surface area contributed by atoms with E-state index >= 15 is 0 Å². The van der Waals surface area contributed by atoms with Crippen LogP contribution >= 0.6 is 23.2 Å². The Bertz CT molecular complexity index is 461. The summed E-state index contributed by atoms with van der Waals surface area (Å²) in [6.45, 7) is 2.94. The fourth-order valence-corrected chi connectivity index (χ4v) is 1.53. The zero-order valence-electron chi connectivity index (χ0n) is 9.65. The molecule has 0 fully saturated rings. The molecule has 1 rings (SSSR count). The van der Waals surface area contributed by atoms with Crippen LogP contribution in [0.3, 0.4) is 0 Å². The minimum absolute atomic E-state index is 0.00136. The van der Waals surface area contributed by atoms with Gasteiger partial charge in [-0.25, -0.2) is 9.97 Å². The Morgan fingerprint density at radius 3 is 2.17 bits per heavy atom. The number of carbonyl (C=O) groups excluding carboxylic acids is 1. The van der Waals surface area contributed by atoms with Crippen LogP contribution in [0.1, 0.15) is 13.8 Å². The van der Waals surface area contributed by atoms with E-state index in [-0.39, 0.29) is 16.0 Å². The highest BCUT2D eigenvalue weighted by molar-refractivity contribution is 6.38. The second kappa shape index (κ2) is 5.97. The van der Waals surface area contributed by atoms with Gasteiger partial charge in [-0.3, -0.25) is 9.59 Å². The van der Waals surface area contributed by atoms with Gasteiger partial charge in [-0.15, -0.1) is 0 Å². The zero-order valence-corrected chi connectivity index (χ0v) is 11.2. The molecule has 2 N–H and O–H groups in total. The summed E-state index contributed by atoms with van der Waals surface area (Å²) in [6, 6.07) is 0. The molecule has 1 amide bonds. The SMILES string of the molecule is CC(C(=O)O)C(C)C(=O)Nc1c(Cl)ncnc1Cl. The Morgan fingerprint density at radius 2 is 1.72 bits per heavy atom. The van der Waals surface area contributed by atoms with Gasteiger partial charge in [0.25, 0.3) is 0 Å². The van der Waals surface area contributed by atoms with Crippen molar-refractivity contribution in [2.24, 2.45) is 11.8 Å². The standard InChI is InChI=1S/C10H11Cl2N3O3/c1-4(5(2)10(17)18)9(16)15-6-7(11)13-3-14-8(6)12/h3-5H,1-2H3,(H,15,16)(H,17,18). The summed E-state index contributed by atoms with van der Waals surface area (Å²) in [5.41, 5.74) is 0.0790.